The topological polar surface area (TPSA) is 140 Å². The highest BCUT2D eigenvalue weighted by atomic mass is 16.6. The second kappa shape index (κ2) is 12.0. The first-order valence-electron chi connectivity index (χ1n) is 11.2. The summed E-state index contributed by atoms with van der Waals surface area (Å²) >= 11 is 0. The molecule has 2 atom stereocenters. The van der Waals surface area contributed by atoms with Gasteiger partial charge in [-0.3, -0.25) is 10.1 Å². The van der Waals surface area contributed by atoms with Crippen molar-refractivity contribution in [3.05, 3.63) is 59.7 Å². The van der Waals surface area contributed by atoms with Gasteiger partial charge in [-0.15, -0.1) is 0 Å². The highest BCUT2D eigenvalue weighted by Crippen LogP contribution is 2.44. The lowest BCUT2D eigenvalue weighted by atomic mass is 9.98. The van der Waals surface area contributed by atoms with E-state index in [-0.39, 0.29) is 32.2 Å². The molecule has 10 heteroatoms. The number of benzene rings is 2. The third-order valence-electron chi connectivity index (χ3n) is 5.62. The summed E-state index contributed by atoms with van der Waals surface area (Å²) in [7, 11) is 1.39. The van der Waals surface area contributed by atoms with Crippen molar-refractivity contribution in [1.82, 2.24) is 10.6 Å². The van der Waals surface area contributed by atoms with Gasteiger partial charge in [0.15, 0.2) is 0 Å². The fourth-order valence-corrected chi connectivity index (χ4v) is 3.96. The second-order valence-electron chi connectivity index (χ2n) is 7.84. The average molecular weight is 485 g/mol. The number of hydrogen-bond donors (Lipinski definition) is 3. The standard InChI is InChI=1S/C25H28N2O8/c1-3-34-24(31)21(22(28)26-20(23(29)30)12-13-33-2)27-25(32)35-14-19-17-10-6-4-8-15(17)16-9-5-7-11-18(16)19/h4-11,19-21H,3,12-14H2,1-2H3,(H,26,28)(H,27,32)(H,29,30). The number of aliphatic carboxylic acids is 1. The van der Waals surface area contributed by atoms with Gasteiger partial charge in [0.05, 0.1) is 6.61 Å². The molecule has 0 bridgehead atoms. The van der Waals surface area contributed by atoms with Crippen molar-refractivity contribution in [3.8, 4) is 11.1 Å². The third kappa shape index (κ3) is 6.15. The Hall–Kier alpha value is -3.92. The molecule has 2 aromatic carbocycles. The lowest BCUT2D eigenvalue weighted by molar-refractivity contribution is -0.151. The molecule has 10 nitrogen and oxygen atoms in total. The first-order chi connectivity index (χ1) is 16.9. The quantitative estimate of drug-likeness (QED) is 0.325. The minimum absolute atomic E-state index is 0.0252. The van der Waals surface area contributed by atoms with Gasteiger partial charge in [0.25, 0.3) is 5.91 Å². The molecule has 0 aromatic heterocycles. The molecule has 2 aromatic rings. The van der Waals surface area contributed by atoms with E-state index in [1.807, 2.05) is 48.5 Å². The normalized spacial score (nSPS) is 13.7. The Labute approximate surface area is 202 Å². The lowest BCUT2D eigenvalue weighted by Crippen LogP contribution is -2.55. The maximum atomic E-state index is 12.7. The predicted molar refractivity (Wildman–Crippen MR) is 125 cm³/mol. The number of carboxylic acids is 1. The van der Waals surface area contributed by atoms with Crippen LogP contribution in [0.3, 0.4) is 0 Å². The van der Waals surface area contributed by atoms with Crippen LogP contribution in [0.5, 0.6) is 0 Å². The van der Waals surface area contributed by atoms with Gasteiger partial charge in [-0.05, 0) is 29.2 Å². The van der Waals surface area contributed by atoms with Crippen molar-refractivity contribution in [1.29, 1.82) is 0 Å². The monoisotopic (exact) mass is 484 g/mol. The number of esters is 1. The van der Waals surface area contributed by atoms with Crippen molar-refractivity contribution in [2.75, 3.05) is 26.9 Å². The number of fused-ring (bicyclic) bond motifs is 3. The maximum Gasteiger partial charge on any atom is 0.408 e. The second-order valence-corrected chi connectivity index (χ2v) is 7.84. The fraction of sp³-hybridized carbons (Fsp3) is 0.360. The summed E-state index contributed by atoms with van der Waals surface area (Å²) in [6.45, 7) is 1.55. The van der Waals surface area contributed by atoms with Crippen LogP contribution in [-0.2, 0) is 28.6 Å². The van der Waals surface area contributed by atoms with E-state index in [4.69, 9.17) is 14.2 Å². The van der Waals surface area contributed by atoms with Crippen LogP contribution in [0.4, 0.5) is 4.79 Å². The molecule has 1 aliphatic carbocycles. The lowest BCUT2D eigenvalue weighted by Gasteiger charge is -2.21. The maximum absolute atomic E-state index is 12.7. The number of carboxylic acid groups (broad SMARTS) is 1. The number of hydrogen-bond acceptors (Lipinski definition) is 7. The summed E-state index contributed by atoms with van der Waals surface area (Å²) in [4.78, 5) is 49.0. The van der Waals surface area contributed by atoms with E-state index in [0.717, 1.165) is 22.3 Å². The van der Waals surface area contributed by atoms with Crippen LogP contribution in [0.15, 0.2) is 48.5 Å². The molecule has 3 rings (SSSR count). The molecule has 0 heterocycles. The Bertz CT molecular complexity index is 1040. The van der Waals surface area contributed by atoms with Crippen molar-refractivity contribution >= 4 is 23.9 Å². The molecule has 2 amide bonds. The fourth-order valence-electron chi connectivity index (χ4n) is 3.96. The number of nitrogens with one attached hydrogen (secondary N) is 2. The van der Waals surface area contributed by atoms with Gasteiger partial charge >= 0.3 is 18.0 Å². The zero-order valence-electron chi connectivity index (χ0n) is 19.5. The Kier molecular flexibility index (Phi) is 8.80. The van der Waals surface area contributed by atoms with E-state index in [2.05, 4.69) is 10.6 Å². The van der Waals surface area contributed by atoms with Gasteiger partial charge in [0.1, 0.15) is 12.6 Å². The minimum Gasteiger partial charge on any atom is -0.480 e. The van der Waals surface area contributed by atoms with Crippen LogP contribution in [0, 0.1) is 0 Å². The molecule has 1 aliphatic rings. The smallest absolute Gasteiger partial charge is 0.408 e. The van der Waals surface area contributed by atoms with Crippen LogP contribution in [0.1, 0.15) is 30.4 Å². The summed E-state index contributed by atoms with van der Waals surface area (Å²) in [5.74, 6) is -3.58. The van der Waals surface area contributed by atoms with E-state index in [1.54, 1.807) is 6.92 Å². The number of carbonyl (C=O) groups excluding carboxylic acids is 3. The molecule has 0 saturated carbocycles. The van der Waals surface area contributed by atoms with Crippen LogP contribution in [0.25, 0.3) is 11.1 Å². The third-order valence-corrected chi connectivity index (χ3v) is 5.62. The van der Waals surface area contributed by atoms with E-state index in [9.17, 15) is 24.3 Å². The van der Waals surface area contributed by atoms with Crippen LogP contribution in [0.2, 0.25) is 0 Å². The Morgan fingerprint density at radius 2 is 1.54 bits per heavy atom. The zero-order valence-corrected chi connectivity index (χ0v) is 19.5. The van der Waals surface area contributed by atoms with Crippen molar-refractivity contribution in [2.24, 2.45) is 0 Å². The number of carbonyl (C=O) groups is 4. The molecule has 0 radical (unpaired) electrons. The summed E-state index contributed by atoms with van der Waals surface area (Å²) in [6.07, 6.45) is -1.04. The highest BCUT2D eigenvalue weighted by Gasteiger charge is 2.34. The number of amides is 2. The zero-order chi connectivity index (χ0) is 25.4. The predicted octanol–water partition coefficient (Wildman–Crippen LogP) is 2.06. The molecule has 186 valence electrons. The summed E-state index contributed by atoms with van der Waals surface area (Å²) in [6, 6.07) is 12.5. The summed E-state index contributed by atoms with van der Waals surface area (Å²) < 4.78 is 15.1. The van der Waals surface area contributed by atoms with E-state index >= 15 is 0 Å². The number of methoxy groups -OCH3 is 1. The van der Waals surface area contributed by atoms with Gasteiger partial charge < -0.3 is 24.6 Å². The van der Waals surface area contributed by atoms with Gasteiger partial charge in [-0.1, -0.05) is 48.5 Å². The van der Waals surface area contributed by atoms with Crippen LogP contribution < -0.4 is 10.6 Å². The Balaban J connectivity index is 1.69. The van der Waals surface area contributed by atoms with Gasteiger partial charge in [-0.2, -0.15) is 0 Å². The molecule has 0 fully saturated rings. The molecule has 0 spiro atoms. The molecule has 35 heavy (non-hydrogen) atoms. The first kappa shape index (κ1) is 25.7. The summed E-state index contributed by atoms with van der Waals surface area (Å²) in [5, 5.41) is 13.8. The van der Waals surface area contributed by atoms with Gasteiger partial charge in [0.2, 0.25) is 6.04 Å². The minimum atomic E-state index is -1.78. The van der Waals surface area contributed by atoms with Crippen LogP contribution >= 0.6 is 0 Å². The van der Waals surface area contributed by atoms with Crippen molar-refractivity contribution in [3.63, 3.8) is 0 Å². The molecule has 3 N–H and O–H groups in total. The Morgan fingerprint density at radius 3 is 2.09 bits per heavy atom. The van der Waals surface area contributed by atoms with Crippen molar-refractivity contribution in [2.45, 2.75) is 31.3 Å². The van der Waals surface area contributed by atoms with Gasteiger partial charge in [0, 0.05) is 26.1 Å². The molecule has 0 saturated heterocycles. The Morgan fingerprint density at radius 1 is 0.943 bits per heavy atom. The highest BCUT2D eigenvalue weighted by molar-refractivity contribution is 6.05. The van der Waals surface area contributed by atoms with Crippen LogP contribution in [-0.4, -0.2) is 68.1 Å². The average Bonchev–Trinajstić information content (AvgIpc) is 3.17. The van der Waals surface area contributed by atoms with Crippen molar-refractivity contribution < 1.29 is 38.5 Å². The molecule has 0 aliphatic heterocycles. The van der Waals surface area contributed by atoms with Gasteiger partial charge in [-0.25, -0.2) is 14.4 Å². The molecular weight excluding hydrogens is 456 g/mol. The SMILES string of the molecule is CCOC(=O)C(NC(=O)OCC1c2ccccc2-c2ccccc21)C(=O)NC(CCOC)C(=O)O. The number of ether oxygens (including phenoxy) is 3. The number of alkyl carbamates (subject to hydrolysis) is 1. The van der Waals surface area contributed by atoms with E-state index in [1.165, 1.54) is 7.11 Å². The van der Waals surface area contributed by atoms with E-state index < -0.39 is 36.0 Å². The first-order valence-corrected chi connectivity index (χ1v) is 11.2. The number of rotatable bonds is 11. The molecular formula is C25H28N2O8. The molecule has 2 unspecified atom stereocenters. The van der Waals surface area contributed by atoms with E-state index in [0.29, 0.717) is 0 Å². The largest absolute Gasteiger partial charge is 0.480 e. The summed E-state index contributed by atoms with van der Waals surface area (Å²) in [5.41, 5.74) is 4.11.